The van der Waals surface area contributed by atoms with Crippen LogP contribution >= 0.6 is 23.8 Å². The molecule has 2 aromatic carbocycles. The quantitative estimate of drug-likeness (QED) is 0.507. The van der Waals surface area contributed by atoms with E-state index < -0.39 is 0 Å². The predicted octanol–water partition coefficient (Wildman–Crippen LogP) is 4.17. The molecule has 1 aliphatic heterocycles. The fourth-order valence-corrected chi connectivity index (χ4v) is 3.94. The summed E-state index contributed by atoms with van der Waals surface area (Å²) in [6.07, 6.45) is 3.15. The van der Waals surface area contributed by atoms with Crippen LogP contribution < -0.4 is 15.5 Å². The number of hydrogen-bond donors (Lipinski definition) is 2. The van der Waals surface area contributed by atoms with Gasteiger partial charge in [-0.05, 0) is 42.1 Å². The van der Waals surface area contributed by atoms with Gasteiger partial charge in [0, 0.05) is 43.9 Å². The highest BCUT2D eigenvalue weighted by Crippen LogP contribution is 2.29. The second kappa shape index (κ2) is 11.1. The Hall–Kier alpha value is -2.90. The minimum atomic E-state index is -0.317. The van der Waals surface area contributed by atoms with Crippen molar-refractivity contribution in [2.45, 2.75) is 13.8 Å². The number of carbonyl (C=O) groups excluding carboxylic acids is 2. The van der Waals surface area contributed by atoms with E-state index in [1.807, 2.05) is 61.2 Å². The molecule has 3 rings (SSSR count). The zero-order chi connectivity index (χ0) is 23.1. The van der Waals surface area contributed by atoms with E-state index in [2.05, 4.69) is 15.5 Å². The number of halogens is 1. The summed E-state index contributed by atoms with van der Waals surface area (Å²) < 4.78 is 0. The first-order valence-electron chi connectivity index (χ1n) is 10.5. The lowest BCUT2D eigenvalue weighted by atomic mass is 10.1. The van der Waals surface area contributed by atoms with Crippen molar-refractivity contribution >= 4 is 58.2 Å². The molecular formula is C24H27ClN4O2S. The maximum atomic E-state index is 12.2. The van der Waals surface area contributed by atoms with Gasteiger partial charge in [0.15, 0.2) is 5.11 Å². The number of nitrogens with zero attached hydrogens (tertiary/aromatic N) is 2. The molecule has 2 amide bonds. The molecule has 1 heterocycles. The first kappa shape index (κ1) is 23.8. The number of carbonyl (C=O) groups is 2. The summed E-state index contributed by atoms with van der Waals surface area (Å²) in [5.41, 5.74) is 2.53. The highest BCUT2D eigenvalue weighted by atomic mass is 35.5. The Balaban J connectivity index is 1.53. The number of hydrogen-bond acceptors (Lipinski definition) is 4. The second-order valence-corrected chi connectivity index (χ2v) is 8.64. The monoisotopic (exact) mass is 470 g/mol. The number of piperazine rings is 1. The van der Waals surface area contributed by atoms with Crippen LogP contribution in [0.4, 0.5) is 11.4 Å². The Kier molecular flexibility index (Phi) is 8.25. The van der Waals surface area contributed by atoms with Gasteiger partial charge in [0.1, 0.15) is 0 Å². The molecule has 0 atom stereocenters. The predicted molar refractivity (Wildman–Crippen MR) is 135 cm³/mol. The molecule has 0 unspecified atom stereocenters. The van der Waals surface area contributed by atoms with Crippen LogP contribution in [0.15, 0.2) is 54.6 Å². The number of rotatable bonds is 5. The Morgan fingerprint density at radius 1 is 1.06 bits per heavy atom. The molecule has 0 aromatic heterocycles. The van der Waals surface area contributed by atoms with E-state index in [-0.39, 0.29) is 22.8 Å². The van der Waals surface area contributed by atoms with Crippen molar-refractivity contribution in [3.63, 3.8) is 0 Å². The summed E-state index contributed by atoms with van der Waals surface area (Å²) in [4.78, 5) is 28.3. The Bertz CT molecular complexity index is 1000. The van der Waals surface area contributed by atoms with Crippen molar-refractivity contribution in [2.75, 3.05) is 36.4 Å². The number of thiocarbonyl (C=S) groups is 1. The fourth-order valence-electron chi connectivity index (χ4n) is 3.43. The third-order valence-electron chi connectivity index (χ3n) is 5.09. The van der Waals surface area contributed by atoms with E-state index >= 15 is 0 Å². The van der Waals surface area contributed by atoms with Gasteiger partial charge in [-0.3, -0.25) is 14.9 Å². The topological polar surface area (TPSA) is 64.7 Å². The minimum absolute atomic E-state index is 0.00801. The van der Waals surface area contributed by atoms with Gasteiger partial charge in [-0.2, -0.15) is 0 Å². The summed E-state index contributed by atoms with van der Waals surface area (Å²) in [6, 6.07) is 15.1. The van der Waals surface area contributed by atoms with E-state index in [0.717, 1.165) is 24.3 Å². The maximum Gasteiger partial charge on any atom is 0.250 e. The van der Waals surface area contributed by atoms with Gasteiger partial charge in [0.25, 0.3) is 0 Å². The zero-order valence-corrected chi connectivity index (χ0v) is 19.7. The van der Waals surface area contributed by atoms with E-state index in [0.29, 0.717) is 23.8 Å². The lowest BCUT2D eigenvalue weighted by molar-refractivity contribution is -0.134. The lowest BCUT2D eigenvalue weighted by Crippen LogP contribution is -2.50. The number of anilines is 2. The van der Waals surface area contributed by atoms with Gasteiger partial charge in [-0.15, -0.1) is 0 Å². The standard InChI is InChI=1S/C24H27ClN4O2S/c1-17(2)23(31)29-14-12-28(13-15-29)21-10-9-19(16-20(21)25)26-24(32)27-22(30)11-8-18-6-4-3-5-7-18/h3-11,16-17H,12-15H2,1-2H3,(H2,26,27,30,32)/b11-8+. The molecular weight excluding hydrogens is 444 g/mol. The molecule has 2 aromatic rings. The third-order valence-corrected chi connectivity index (χ3v) is 5.60. The second-order valence-electron chi connectivity index (χ2n) is 7.82. The average molecular weight is 471 g/mol. The number of benzene rings is 2. The normalized spacial score (nSPS) is 14.0. The van der Waals surface area contributed by atoms with Gasteiger partial charge in [0.05, 0.1) is 10.7 Å². The molecule has 0 radical (unpaired) electrons. The first-order chi connectivity index (χ1) is 15.3. The van der Waals surface area contributed by atoms with Crippen LogP contribution in [0.3, 0.4) is 0 Å². The van der Waals surface area contributed by atoms with Crippen LogP contribution in [0.1, 0.15) is 19.4 Å². The number of nitrogens with one attached hydrogen (secondary N) is 2. The summed E-state index contributed by atoms with van der Waals surface area (Å²) >= 11 is 11.7. The van der Waals surface area contributed by atoms with Crippen LogP contribution in [0.5, 0.6) is 0 Å². The van der Waals surface area contributed by atoms with Gasteiger partial charge >= 0.3 is 0 Å². The Labute approximate surface area is 199 Å². The summed E-state index contributed by atoms with van der Waals surface area (Å²) in [7, 11) is 0. The maximum absolute atomic E-state index is 12.2. The van der Waals surface area contributed by atoms with E-state index in [1.165, 1.54) is 6.08 Å². The Morgan fingerprint density at radius 3 is 2.38 bits per heavy atom. The molecule has 0 saturated carbocycles. The highest BCUT2D eigenvalue weighted by molar-refractivity contribution is 7.80. The largest absolute Gasteiger partial charge is 0.367 e. The molecule has 2 N–H and O–H groups in total. The fraction of sp³-hybridized carbons (Fsp3) is 0.292. The summed E-state index contributed by atoms with van der Waals surface area (Å²) in [5.74, 6) is -0.124. The molecule has 1 fully saturated rings. The van der Waals surface area contributed by atoms with E-state index in [9.17, 15) is 9.59 Å². The minimum Gasteiger partial charge on any atom is -0.367 e. The molecule has 6 nitrogen and oxygen atoms in total. The van der Waals surface area contributed by atoms with Crippen molar-refractivity contribution in [1.82, 2.24) is 10.2 Å². The highest BCUT2D eigenvalue weighted by Gasteiger charge is 2.24. The van der Waals surface area contributed by atoms with Crippen LogP contribution in [-0.2, 0) is 9.59 Å². The average Bonchev–Trinajstić information content (AvgIpc) is 2.78. The molecule has 32 heavy (non-hydrogen) atoms. The Morgan fingerprint density at radius 2 is 1.75 bits per heavy atom. The molecule has 1 aliphatic rings. The van der Waals surface area contributed by atoms with Crippen molar-refractivity contribution in [3.8, 4) is 0 Å². The molecule has 1 saturated heterocycles. The first-order valence-corrected chi connectivity index (χ1v) is 11.3. The summed E-state index contributed by atoms with van der Waals surface area (Å²) in [6.45, 7) is 6.66. The zero-order valence-electron chi connectivity index (χ0n) is 18.2. The molecule has 0 aliphatic carbocycles. The van der Waals surface area contributed by atoms with Crippen LogP contribution in [0, 0.1) is 5.92 Å². The van der Waals surface area contributed by atoms with Gasteiger partial charge in [0.2, 0.25) is 11.8 Å². The lowest BCUT2D eigenvalue weighted by Gasteiger charge is -2.37. The molecule has 0 bridgehead atoms. The number of amides is 2. The van der Waals surface area contributed by atoms with Crippen LogP contribution in [0.25, 0.3) is 6.08 Å². The van der Waals surface area contributed by atoms with Gasteiger partial charge in [-0.25, -0.2) is 0 Å². The third kappa shape index (κ3) is 6.55. The smallest absolute Gasteiger partial charge is 0.250 e. The van der Waals surface area contributed by atoms with Gasteiger partial charge in [-0.1, -0.05) is 55.8 Å². The van der Waals surface area contributed by atoms with Crippen molar-refractivity contribution in [1.29, 1.82) is 0 Å². The molecule has 0 spiro atoms. The van der Waals surface area contributed by atoms with Crippen molar-refractivity contribution in [2.24, 2.45) is 5.92 Å². The summed E-state index contributed by atoms with van der Waals surface area (Å²) in [5, 5.41) is 6.38. The van der Waals surface area contributed by atoms with Crippen LogP contribution in [-0.4, -0.2) is 48.0 Å². The van der Waals surface area contributed by atoms with Crippen molar-refractivity contribution < 1.29 is 9.59 Å². The molecule has 8 heteroatoms. The van der Waals surface area contributed by atoms with Gasteiger partial charge < -0.3 is 15.1 Å². The van der Waals surface area contributed by atoms with E-state index in [4.69, 9.17) is 23.8 Å². The SMILES string of the molecule is CC(C)C(=O)N1CCN(c2ccc(NC(=S)NC(=O)/C=C/c3ccccc3)cc2Cl)CC1. The van der Waals surface area contributed by atoms with Crippen molar-refractivity contribution in [3.05, 3.63) is 65.2 Å². The van der Waals surface area contributed by atoms with E-state index in [1.54, 1.807) is 12.1 Å². The molecule has 168 valence electrons. The van der Waals surface area contributed by atoms with Crippen LogP contribution in [0.2, 0.25) is 5.02 Å².